The summed E-state index contributed by atoms with van der Waals surface area (Å²) in [5, 5.41) is 4.86. The summed E-state index contributed by atoms with van der Waals surface area (Å²) in [5.41, 5.74) is 1.44. The average Bonchev–Trinajstić information content (AvgIpc) is 3.15. The van der Waals surface area contributed by atoms with E-state index in [0.29, 0.717) is 6.04 Å². The van der Waals surface area contributed by atoms with Gasteiger partial charge in [-0.3, -0.25) is 0 Å². The van der Waals surface area contributed by atoms with Crippen LogP contribution in [0.4, 0.5) is 5.82 Å². The molecule has 118 valence electrons. The molecule has 0 spiro atoms. The lowest BCUT2D eigenvalue weighted by molar-refractivity contribution is 0.221. The van der Waals surface area contributed by atoms with Gasteiger partial charge < -0.3 is 10.2 Å². The van der Waals surface area contributed by atoms with Crippen LogP contribution in [-0.2, 0) is 12.8 Å². The van der Waals surface area contributed by atoms with Crippen LogP contribution in [0.5, 0.6) is 0 Å². The fourth-order valence-electron chi connectivity index (χ4n) is 3.84. The lowest BCUT2D eigenvalue weighted by atomic mass is 9.90. The minimum absolute atomic E-state index is 0.140. The van der Waals surface area contributed by atoms with Crippen molar-refractivity contribution in [2.45, 2.75) is 57.0 Å². The molecule has 4 nitrogen and oxygen atoms in total. The summed E-state index contributed by atoms with van der Waals surface area (Å²) >= 11 is 1.81. The van der Waals surface area contributed by atoms with Crippen LogP contribution in [0.25, 0.3) is 10.2 Å². The van der Waals surface area contributed by atoms with Gasteiger partial charge in [-0.15, -0.1) is 11.3 Å². The second-order valence-corrected chi connectivity index (χ2v) is 7.60. The number of aromatic nitrogens is 2. The summed E-state index contributed by atoms with van der Waals surface area (Å²) in [6.45, 7) is -2.00. The molecule has 0 aromatic carbocycles. The van der Waals surface area contributed by atoms with Gasteiger partial charge in [0.2, 0.25) is 0 Å². The van der Waals surface area contributed by atoms with Gasteiger partial charge in [-0.25, -0.2) is 9.97 Å². The first-order chi connectivity index (χ1) is 11.9. The molecule has 2 aromatic heterocycles. The molecule has 0 radical (unpaired) electrons. The Kier molecular flexibility index (Phi) is 2.98. The first-order valence-corrected chi connectivity index (χ1v) is 9.00. The van der Waals surface area contributed by atoms with Gasteiger partial charge in [0, 0.05) is 21.1 Å². The zero-order valence-corrected chi connectivity index (χ0v) is 13.7. The van der Waals surface area contributed by atoms with E-state index in [1.807, 2.05) is 11.3 Å². The number of nitrogens with one attached hydrogen (secondary N) is 1. The predicted octanol–water partition coefficient (Wildman–Crippen LogP) is 3.46. The van der Waals surface area contributed by atoms with Crippen LogP contribution in [0.15, 0.2) is 6.33 Å². The second-order valence-electron chi connectivity index (χ2n) is 6.52. The maximum atomic E-state index is 7.57. The summed E-state index contributed by atoms with van der Waals surface area (Å²) in [6.07, 6.45) is 8.95. The summed E-state index contributed by atoms with van der Waals surface area (Å²) in [6, 6.07) is 0.498. The van der Waals surface area contributed by atoms with Gasteiger partial charge in [-0.2, -0.15) is 0 Å². The molecule has 2 aliphatic rings. The number of hydrogen-bond donors (Lipinski definition) is 1. The predicted molar refractivity (Wildman–Crippen MR) is 92.8 cm³/mol. The molecule has 0 atom stereocenters. The third-order valence-corrected chi connectivity index (χ3v) is 6.29. The maximum absolute atomic E-state index is 7.57. The van der Waals surface area contributed by atoms with Gasteiger partial charge >= 0.3 is 0 Å². The monoisotopic (exact) mass is 319 g/mol. The number of rotatable bonds is 3. The number of thiophene rings is 1. The van der Waals surface area contributed by atoms with E-state index in [-0.39, 0.29) is 6.04 Å². The minimum atomic E-state index is -2.00. The van der Waals surface area contributed by atoms with Crippen LogP contribution < -0.4 is 5.32 Å². The fraction of sp³-hybridized carbons (Fsp3) is 0.647. The van der Waals surface area contributed by atoms with Gasteiger partial charge in [0.15, 0.2) is 0 Å². The number of hydrogen-bond acceptors (Lipinski definition) is 5. The minimum Gasteiger partial charge on any atom is -0.367 e. The average molecular weight is 319 g/mol. The standard InChI is InChI=1S/C17H24N4S/c1-21(2)12-8-6-11(7-9-12)20-16-15-13-4-3-5-14(13)22-17(15)19-10-18-16/h10-12H,3-9H2,1-2H3,(H,18,19,20)/t11-,12-/i1D3. The first-order valence-electron chi connectivity index (χ1n) is 9.68. The second kappa shape index (κ2) is 5.78. The largest absolute Gasteiger partial charge is 0.367 e. The van der Waals surface area contributed by atoms with Crippen LogP contribution in [0.2, 0.25) is 0 Å². The Morgan fingerprint density at radius 3 is 2.95 bits per heavy atom. The molecule has 2 aromatic rings. The third-order valence-electron chi connectivity index (χ3n) is 5.09. The molecule has 1 fully saturated rings. The van der Waals surface area contributed by atoms with Crippen LogP contribution >= 0.6 is 11.3 Å². The van der Waals surface area contributed by atoms with E-state index in [1.165, 1.54) is 28.7 Å². The van der Waals surface area contributed by atoms with Crippen molar-refractivity contribution in [2.24, 2.45) is 0 Å². The molecule has 2 heterocycles. The first kappa shape index (κ1) is 11.4. The molecular formula is C17H24N4S. The Balaban J connectivity index is 1.47. The van der Waals surface area contributed by atoms with E-state index < -0.39 is 6.98 Å². The molecule has 4 rings (SSSR count). The summed E-state index contributed by atoms with van der Waals surface area (Å²) in [4.78, 5) is 13.1. The van der Waals surface area contributed by atoms with Gasteiger partial charge in [0.05, 0.1) is 5.39 Å². The highest BCUT2D eigenvalue weighted by Crippen LogP contribution is 2.39. The van der Waals surface area contributed by atoms with Crippen molar-refractivity contribution in [2.75, 3.05) is 19.3 Å². The molecule has 0 saturated heterocycles. The Bertz CT molecular complexity index is 765. The van der Waals surface area contributed by atoms with E-state index in [0.717, 1.165) is 42.8 Å². The molecule has 1 N–H and O–H groups in total. The zero-order chi connectivity index (χ0) is 17.6. The summed E-state index contributed by atoms with van der Waals surface area (Å²) in [5.74, 6) is 0.969. The van der Waals surface area contributed by atoms with Crippen molar-refractivity contribution >= 4 is 27.4 Å². The lowest BCUT2D eigenvalue weighted by Gasteiger charge is -2.33. The Morgan fingerprint density at radius 1 is 1.27 bits per heavy atom. The van der Waals surface area contributed by atoms with Crippen molar-refractivity contribution in [1.29, 1.82) is 0 Å². The van der Waals surface area contributed by atoms with Gasteiger partial charge in [-0.05, 0) is 64.5 Å². The molecule has 2 aliphatic carbocycles. The smallest absolute Gasteiger partial charge is 0.138 e. The maximum Gasteiger partial charge on any atom is 0.138 e. The Hall–Kier alpha value is -1.20. The lowest BCUT2D eigenvalue weighted by Crippen LogP contribution is -2.36. The highest BCUT2D eigenvalue weighted by atomic mass is 32.1. The third kappa shape index (κ3) is 2.50. The van der Waals surface area contributed by atoms with E-state index in [9.17, 15) is 0 Å². The van der Waals surface area contributed by atoms with E-state index in [1.54, 1.807) is 18.3 Å². The molecule has 0 bridgehead atoms. The van der Waals surface area contributed by atoms with E-state index >= 15 is 0 Å². The van der Waals surface area contributed by atoms with Crippen molar-refractivity contribution in [3.8, 4) is 0 Å². The van der Waals surface area contributed by atoms with Crippen LogP contribution in [0.1, 0.15) is 46.7 Å². The van der Waals surface area contributed by atoms with Crippen molar-refractivity contribution in [3.63, 3.8) is 0 Å². The van der Waals surface area contributed by atoms with Crippen LogP contribution in [-0.4, -0.2) is 41.0 Å². The zero-order valence-electron chi connectivity index (χ0n) is 15.9. The molecule has 0 aliphatic heterocycles. The van der Waals surface area contributed by atoms with E-state index in [2.05, 4.69) is 15.3 Å². The number of fused-ring (bicyclic) bond motifs is 3. The van der Waals surface area contributed by atoms with Crippen molar-refractivity contribution in [1.82, 2.24) is 14.9 Å². The number of aryl methyl sites for hydroxylation is 2. The normalized spacial score (nSPS) is 27.5. The highest BCUT2D eigenvalue weighted by Gasteiger charge is 2.25. The van der Waals surface area contributed by atoms with Gasteiger partial charge in [0.25, 0.3) is 0 Å². The van der Waals surface area contributed by atoms with E-state index in [4.69, 9.17) is 4.11 Å². The van der Waals surface area contributed by atoms with Gasteiger partial charge in [0.1, 0.15) is 17.0 Å². The van der Waals surface area contributed by atoms with Crippen molar-refractivity contribution in [3.05, 3.63) is 16.8 Å². The quantitative estimate of drug-likeness (QED) is 0.940. The SMILES string of the molecule is [2H]C([2H])([2H])N(C)[C@H]1CC[C@H](Nc2ncnc3sc4c(c23)CCC4)CC1. The van der Waals surface area contributed by atoms with Gasteiger partial charge in [-0.1, -0.05) is 0 Å². The molecule has 5 heteroatoms. The number of nitrogens with zero attached hydrogens (tertiary/aromatic N) is 3. The molecule has 0 amide bonds. The summed E-state index contributed by atoms with van der Waals surface area (Å²) < 4.78 is 22.7. The highest BCUT2D eigenvalue weighted by molar-refractivity contribution is 7.19. The molecule has 1 saturated carbocycles. The molecule has 0 unspecified atom stereocenters. The van der Waals surface area contributed by atoms with Crippen LogP contribution in [0.3, 0.4) is 0 Å². The fourth-order valence-corrected chi connectivity index (χ4v) is 5.07. The number of anilines is 1. The topological polar surface area (TPSA) is 41.0 Å². The molecular weight excluding hydrogens is 292 g/mol. The summed E-state index contributed by atoms with van der Waals surface area (Å²) in [7, 11) is 1.72. The molecule has 22 heavy (non-hydrogen) atoms. The Morgan fingerprint density at radius 2 is 2.14 bits per heavy atom. The Labute approximate surface area is 140 Å². The van der Waals surface area contributed by atoms with Crippen LogP contribution in [0, 0.1) is 0 Å². The van der Waals surface area contributed by atoms with Crippen molar-refractivity contribution < 1.29 is 4.11 Å².